The Bertz CT molecular complexity index is 338. The number of hydrogen-bond acceptors (Lipinski definition) is 4. The molecule has 0 aliphatic heterocycles. The Kier molecular flexibility index (Phi) is 4.72. The highest BCUT2D eigenvalue weighted by atomic mass is 16.5. The van der Waals surface area contributed by atoms with Crippen molar-refractivity contribution in [1.82, 2.24) is 10.3 Å². The zero-order valence-corrected chi connectivity index (χ0v) is 9.56. The lowest BCUT2D eigenvalue weighted by molar-refractivity contribution is 0.148. The highest BCUT2D eigenvalue weighted by Gasteiger charge is 2.14. The molecule has 1 aromatic rings. The first kappa shape index (κ1) is 12.4. The average Bonchev–Trinajstić information content (AvgIpc) is 2.27. The first-order valence-electron chi connectivity index (χ1n) is 5.23. The van der Waals surface area contributed by atoms with Crippen LogP contribution in [0.5, 0.6) is 0 Å². The molecule has 0 saturated carbocycles. The van der Waals surface area contributed by atoms with Crippen LogP contribution in [0.15, 0.2) is 18.3 Å². The van der Waals surface area contributed by atoms with Crippen molar-refractivity contribution < 1.29 is 9.53 Å². The molecule has 1 rings (SSSR count). The van der Waals surface area contributed by atoms with Crippen LogP contribution in [0.25, 0.3) is 0 Å². The maximum atomic E-state index is 11.2. The maximum Gasteiger partial charge on any atom is 0.407 e. The minimum atomic E-state index is -0.472. The Balaban J connectivity index is 2.67. The highest BCUT2D eigenvalue weighted by Crippen LogP contribution is 2.09. The third kappa shape index (κ3) is 3.51. The van der Waals surface area contributed by atoms with Crippen molar-refractivity contribution in [3.8, 4) is 0 Å². The molecule has 1 amide bonds. The van der Waals surface area contributed by atoms with Crippen LogP contribution in [-0.2, 0) is 4.74 Å². The summed E-state index contributed by atoms with van der Waals surface area (Å²) in [5.74, 6) is 0. The summed E-state index contributed by atoms with van der Waals surface area (Å²) in [5.41, 5.74) is 7.38. The van der Waals surface area contributed by atoms with Gasteiger partial charge in [-0.05, 0) is 25.5 Å². The summed E-state index contributed by atoms with van der Waals surface area (Å²) in [5, 5.41) is 2.65. The van der Waals surface area contributed by atoms with E-state index in [4.69, 9.17) is 10.5 Å². The molecule has 0 bridgehead atoms. The first-order valence-corrected chi connectivity index (χ1v) is 5.23. The minimum Gasteiger partial charge on any atom is -0.450 e. The SMILES string of the molecule is CCOC(=O)NC(CN)c1ccc(C)cn1. The number of hydrogen-bond donors (Lipinski definition) is 2. The summed E-state index contributed by atoms with van der Waals surface area (Å²) in [6.45, 7) is 4.33. The summed E-state index contributed by atoms with van der Waals surface area (Å²) < 4.78 is 4.79. The normalized spacial score (nSPS) is 11.9. The van der Waals surface area contributed by atoms with Gasteiger partial charge in [0.05, 0.1) is 18.3 Å². The lowest BCUT2D eigenvalue weighted by Gasteiger charge is -2.15. The van der Waals surface area contributed by atoms with E-state index in [0.29, 0.717) is 6.61 Å². The van der Waals surface area contributed by atoms with Crippen molar-refractivity contribution >= 4 is 6.09 Å². The Hall–Kier alpha value is -1.62. The fraction of sp³-hybridized carbons (Fsp3) is 0.455. The summed E-state index contributed by atoms with van der Waals surface area (Å²) in [7, 11) is 0. The van der Waals surface area contributed by atoms with E-state index >= 15 is 0 Å². The van der Waals surface area contributed by atoms with Crippen LogP contribution in [0.2, 0.25) is 0 Å². The van der Waals surface area contributed by atoms with Crippen molar-refractivity contribution in [1.29, 1.82) is 0 Å². The number of nitrogens with two attached hydrogens (primary N) is 1. The third-order valence-corrected chi connectivity index (χ3v) is 2.09. The zero-order valence-electron chi connectivity index (χ0n) is 9.56. The topological polar surface area (TPSA) is 77.2 Å². The predicted molar refractivity (Wildman–Crippen MR) is 60.9 cm³/mol. The largest absolute Gasteiger partial charge is 0.450 e. The predicted octanol–water partition coefficient (Wildman–Crippen LogP) is 1.14. The molecule has 0 aromatic carbocycles. The van der Waals surface area contributed by atoms with Gasteiger partial charge in [-0.25, -0.2) is 4.79 Å². The van der Waals surface area contributed by atoms with Gasteiger partial charge in [-0.15, -0.1) is 0 Å². The van der Waals surface area contributed by atoms with E-state index < -0.39 is 6.09 Å². The quantitative estimate of drug-likeness (QED) is 0.802. The van der Waals surface area contributed by atoms with Gasteiger partial charge in [0, 0.05) is 12.7 Å². The number of rotatable bonds is 4. The fourth-order valence-electron chi connectivity index (χ4n) is 1.25. The zero-order chi connectivity index (χ0) is 12.0. The van der Waals surface area contributed by atoms with E-state index in [0.717, 1.165) is 11.3 Å². The molecule has 3 N–H and O–H groups in total. The van der Waals surface area contributed by atoms with Crippen LogP contribution in [0.1, 0.15) is 24.2 Å². The molecule has 1 aromatic heterocycles. The van der Waals surface area contributed by atoms with Crippen molar-refractivity contribution in [2.75, 3.05) is 13.2 Å². The van der Waals surface area contributed by atoms with Gasteiger partial charge >= 0.3 is 6.09 Å². The Labute approximate surface area is 95.0 Å². The maximum absolute atomic E-state index is 11.2. The second-order valence-corrected chi connectivity index (χ2v) is 3.41. The number of aryl methyl sites for hydroxylation is 1. The summed E-state index contributed by atoms with van der Waals surface area (Å²) in [6, 6.07) is 3.47. The van der Waals surface area contributed by atoms with Gasteiger partial charge in [0.1, 0.15) is 0 Å². The molecular weight excluding hydrogens is 206 g/mol. The molecule has 0 fully saturated rings. The number of carbonyl (C=O) groups is 1. The molecule has 1 heterocycles. The molecule has 0 aliphatic rings. The summed E-state index contributed by atoms with van der Waals surface area (Å²) in [4.78, 5) is 15.4. The van der Waals surface area contributed by atoms with Gasteiger partial charge in [0.15, 0.2) is 0 Å². The molecule has 0 saturated heterocycles. The number of aromatic nitrogens is 1. The van der Waals surface area contributed by atoms with Crippen LogP contribution >= 0.6 is 0 Å². The molecule has 0 aliphatic carbocycles. The van der Waals surface area contributed by atoms with E-state index in [9.17, 15) is 4.79 Å². The van der Waals surface area contributed by atoms with Crippen LogP contribution < -0.4 is 11.1 Å². The smallest absolute Gasteiger partial charge is 0.407 e. The standard InChI is InChI=1S/C11H17N3O2/c1-3-16-11(15)14-10(6-12)9-5-4-8(2)7-13-9/h4-5,7,10H,3,6,12H2,1-2H3,(H,14,15). The van der Waals surface area contributed by atoms with Crippen molar-refractivity contribution in [2.24, 2.45) is 5.73 Å². The molecule has 0 radical (unpaired) electrons. The molecule has 88 valence electrons. The van der Waals surface area contributed by atoms with Crippen molar-refractivity contribution in [3.05, 3.63) is 29.6 Å². The van der Waals surface area contributed by atoms with Crippen molar-refractivity contribution in [3.63, 3.8) is 0 Å². The molecular formula is C11H17N3O2. The number of pyridine rings is 1. The second-order valence-electron chi connectivity index (χ2n) is 3.41. The molecule has 5 nitrogen and oxygen atoms in total. The van der Waals surface area contributed by atoms with E-state index in [1.807, 2.05) is 19.1 Å². The van der Waals surface area contributed by atoms with Gasteiger partial charge in [0.2, 0.25) is 0 Å². The third-order valence-electron chi connectivity index (χ3n) is 2.09. The van der Waals surface area contributed by atoms with Crippen molar-refractivity contribution in [2.45, 2.75) is 19.9 Å². The lowest BCUT2D eigenvalue weighted by Crippen LogP contribution is -2.34. The average molecular weight is 223 g/mol. The molecule has 1 atom stereocenters. The molecule has 16 heavy (non-hydrogen) atoms. The van der Waals surface area contributed by atoms with Gasteiger partial charge in [-0.2, -0.15) is 0 Å². The highest BCUT2D eigenvalue weighted by molar-refractivity contribution is 5.67. The van der Waals surface area contributed by atoms with Crippen LogP contribution in [0.4, 0.5) is 4.79 Å². The van der Waals surface area contributed by atoms with E-state index in [1.54, 1.807) is 13.1 Å². The van der Waals surface area contributed by atoms with E-state index in [1.165, 1.54) is 0 Å². The Morgan fingerprint density at radius 1 is 1.62 bits per heavy atom. The van der Waals surface area contributed by atoms with Gasteiger partial charge in [-0.1, -0.05) is 6.07 Å². The second kappa shape index (κ2) is 6.07. The molecule has 1 unspecified atom stereocenters. The molecule has 5 heteroatoms. The first-order chi connectivity index (χ1) is 7.67. The fourth-order valence-corrected chi connectivity index (χ4v) is 1.25. The summed E-state index contributed by atoms with van der Waals surface area (Å²) >= 11 is 0. The number of amides is 1. The molecule has 0 spiro atoms. The number of carbonyl (C=O) groups excluding carboxylic acids is 1. The number of nitrogens with one attached hydrogen (secondary N) is 1. The van der Waals surface area contributed by atoms with Gasteiger partial charge < -0.3 is 15.8 Å². The van der Waals surface area contributed by atoms with Gasteiger partial charge in [-0.3, -0.25) is 4.98 Å². The van der Waals surface area contributed by atoms with Crippen LogP contribution in [-0.4, -0.2) is 24.2 Å². The Morgan fingerprint density at radius 3 is 2.88 bits per heavy atom. The minimum absolute atomic E-state index is 0.287. The van der Waals surface area contributed by atoms with E-state index in [-0.39, 0.29) is 12.6 Å². The Morgan fingerprint density at radius 2 is 2.38 bits per heavy atom. The number of ether oxygens (including phenoxy) is 1. The van der Waals surface area contributed by atoms with Gasteiger partial charge in [0.25, 0.3) is 0 Å². The lowest BCUT2D eigenvalue weighted by atomic mass is 10.1. The van der Waals surface area contributed by atoms with Crippen LogP contribution in [0, 0.1) is 6.92 Å². The van der Waals surface area contributed by atoms with E-state index in [2.05, 4.69) is 10.3 Å². The number of nitrogens with zero attached hydrogens (tertiary/aromatic N) is 1. The monoisotopic (exact) mass is 223 g/mol. The number of alkyl carbamates (subject to hydrolysis) is 1. The van der Waals surface area contributed by atoms with Crippen LogP contribution in [0.3, 0.4) is 0 Å². The summed E-state index contributed by atoms with van der Waals surface area (Å²) in [6.07, 6.45) is 1.27.